The number of halogens is 1. The standard InChI is InChI=1S/C22H19IN2O2S/c1-15-13-18(23)9-12-20(15)24-22(28)25-21(26)17-7-10-19(11-8-17)27-14-16-5-3-2-4-6-16/h2-13H,14H2,1H3,(H2,24,25,26,28). The molecule has 3 aromatic rings. The number of hydrogen-bond donors (Lipinski definition) is 2. The zero-order chi connectivity index (χ0) is 19.9. The smallest absolute Gasteiger partial charge is 0.257 e. The quantitative estimate of drug-likeness (QED) is 0.367. The van der Waals surface area contributed by atoms with Gasteiger partial charge in [0.2, 0.25) is 0 Å². The molecule has 0 unspecified atom stereocenters. The number of aryl methyl sites for hydroxylation is 1. The Morgan fingerprint density at radius 2 is 1.75 bits per heavy atom. The third-order valence-corrected chi connectivity index (χ3v) is 4.90. The van der Waals surface area contributed by atoms with Crippen molar-refractivity contribution in [2.45, 2.75) is 13.5 Å². The average molecular weight is 502 g/mol. The maximum Gasteiger partial charge on any atom is 0.257 e. The lowest BCUT2D eigenvalue weighted by molar-refractivity contribution is 0.0977. The molecule has 0 saturated heterocycles. The number of thiocarbonyl (C=S) groups is 1. The van der Waals surface area contributed by atoms with E-state index in [-0.39, 0.29) is 11.0 Å². The van der Waals surface area contributed by atoms with E-state index in [0.29, 0.717) is 17.9 Å². The summed E-state index contributed by atoms with van der Waals surface area (Å²) in [5.41, 5.74) is 3.53. The van der Waals surface area contributed by atoms with E-state index in [1.807, 2.05) is 55.5 Å². The van der Waals surface area contributed by atoms with Crippen LogP contribution in [0, 0.1) is 10.5 Å². The van der Waals surface area contributed by atoms with Crippen molar-refractivity contribution in [1.82, 2.24) is 5.32 Å². The van der Waals surface area contributed by atoms with Gasteiger partial charge in [0.05, 0.1) is 0 Å². The van der Waals surface area contributed by atoms with Gasteiger partial charge in [-0.1, -0.05) is 30.3 Å². The summed E-state index contributed by atoms with van der Waals surface area (Å²) in [6.45, 7) is 2.47. The summed E-state index contributed by atoms with van der Waals surface area (Å²) in [5.74, 6) is 0.436. The molecular formula is C22H19IN2O2S. The zero-order valence-electron chi connectivity index (χ0n) is 15.2. The molecule has 3 rings (SSSR count). The lowest BCUT2D eigenvalue weighted by Gasteiger charge is -2.12. The van der Waals surface area contributed by atoms with Crippen molar-refractivity contribution in [3.8, 4) is 5.75 Å². The molecule has 0 fully saturated rings. The fraction of sp³-hybridized carbons (Fsp3) is 0.0909. The van der Waals surface area contributed by atoms with Crippen molar-refractivity contribution >= 4 is 51.5 Å². The van der Waals surface area contributed by atoms with E-state index in [1.165, 1.54) is 0 Å². The molecule has 0 radical (unpaired) electrons. The Labute approximate surface area is 183 Å². The molecule has 0 heterocycles. The number of rotatable bonds is 5. The predicted molar refractivity (Wildman–Crippen MR) is 125 cm³/mol. The second-order valence-corrected chi connectivity index (χ2v) is 7.82. The second kappa shape index (κ2) is 9.66. The highest BCUT2D eigenvalue weighted by molar-refractivity contribution is 14.1. The van der Waals surface area contributed by atoms with Gasteiger partial charge in [0, 0.05) is 14.8 Å². The molecule has 0 bridgehead atoms. The Morgan fingerprint density at radius 1 is 1.04 bits per heavy atom. The first-order valence-electron chi connectivity index (χ1n) is 8.66. The fourth-order valence-electron chi connectivity index (χ4n) is 2.54. The van der Waals surface area contributed by atoms with Crippen LogP contribution in [0.5, 0.6) is 5.75 Å². The molecule has 142 valence electrons. The Bertz CT molecular complexity index is 976. The molecule has 0 spiro atoms. The van der Waals surface area contributed by atoms with Gasteiger partial charge in [0.15, 0.2) is 5.11 Å². The number of amides is 1. The first-order valence-corrected chi connectivity index (χ1v) is 10.2. The van der Waals surface area contributed by atoms with Crippen LogP contribution < -0.4 is 15.4 Å². The van der Waals surface area contributed by atoms with Crippen LogP contribution in [0.3, 0.4) is 0 Å². The Balaban J connectivity index is 1.54. The molecule has 0 aliphatic rings. The molecule has 4 nitrogen and oxygen atoms in total. The van der Waals surface area contributed by atoms with Gasteiger partial charge < -0.3 is 10.1 Å². The van der Waals surface area contributed by atoms with Gasteiger partial charge in [-0.2, -0.15) is 0 Å². The highest BCUT2D eigenvalue weighted by Crippen LogP contribution is 2.18. The highest BCUT2D eigenvalue weighted by Gasteiger charge is 2.09. The minimum absolute atomic E-state index is 0.263. The van der Waals surface area contributed by atoms with Crippen LogP contribution in [0.4, 0.5) is 5.69 Å². The summed E-state index contributed by atoms with van der Waals surface area (Å²) >= 11 is 7.51. The van der Waals surface area contributed by atoms with Crippen LogP contribution in [0.2, 0.25) is 0 Å². The summed E-state index contributed by atoms with van der Waals surface area (Å²) in [7, 11) is 0. The highest BCUT2D eigenvalue weighted by atomic mass is 127. The largest absolute Gasteiger partial charge is 0.489 e. The number of carbonyl (C=O) groups excluding carboxylic acids is 1. The normalized spacial score (nSPS) is 10.2. The van der Waals surface area contributed by atoms with Gasteiger partial charge >= 0.3 is 0 Å². The van der Waals surface area contributed by atoms with E-state index in [9.17, 15) is 4.79 Å². The number of carbonyl (C=O) groups is 1. The number of benzene rings is 3. The maximum absolute atomic E-state index is 12.4. The SMILES string of the molecule is Cc1cc(I)ccc1NC(=S)NC(=O)c1ccc(OCc2ccccc2)cc1. The molecule has 1 amide bonds. The van der Waals surface area contributed by atoms with Crippen LogP contribution in [0.15, 0.2) is 72.8 Å². The van der Waals surface area contributed by atoms with Crippen molar-refractivity contribution in [2.24, 2.45) is 0 Å². The molecule has 0 aliphatic carbocycles. The molecule has 3 aromatic carbocycles. The third-order valence-electron chi connectivity index (χ3n) is 4.03. The lowest BCUT2D eigenvalue weighted by atomic mass is 10.2. The molecule has 0 atom stereocenters. The van der Waals surface area contributed by atoms with Crippen LogP contribution in [-0.4, -0.2) is 11.0 Å². The van der Waals surface area contributed by atoms with Gasteiger partial charge in [0.25, 0.3) is 5.91 Å². The number of anilines is 1. The maximum atomic E-state index is 12.4. The minimum Gasteiger partial charge on any atom is -0.489 e. The number of ether oxygens (including phenoxy) is 1. The molecular weight excluding hydrogens is 483 g/mol. The van der Waals surface area contributed by atoms with Crippen molar-refractivity contribution in [3.63, 3.8) is 0 Å². The molecule has 0 aromatic heterocycles. The molecule has 0 saturated carbocycles. The van der Waals surface area contributed by atoms with E-state index in [0.717, 1.165) is 20.4 Å². The van der Waals surface area contributed by atoms with E-state index in [1.54, 1.807) is 24.3 Å². The van der Waals surface area contributed by atoms with E-state index < -0.39 is 0 Å². The fourth-order valence-corrected chi connectivity index (χ4v) is 3.39. The average Bonchev–Trinajstić information content (AvgIpc) is 2.69. The van der Waals surface area contributed by atoms with Gasteiger partial charge in [-0.25, -0.2) is 0 Å². The molecule has 2 N–H and O–H groups in total. The Kier molecular flexibility index (Phi) is 7.00. The van der Waals surface area contributed by atoms with Crippen LogP contribution in [-0.2, 0) is 6.61 Å². The molecule has 28 heavy (non-hydrogen) atoms. The third kappa shape index (κ3) is 5.77. The second-order valence-electron chi connectivity index (χ2n) is 6.17. The summed E-state index contributed by atoms with van der Waals surface area (Å²) in [6, 6.07) is 22.9. The van der Waals surface area contributed by atoms with Crippen molar-refractivity contribution in [3.05, 3.63) is 93.1 Å². The van der Waals surface area contributed by atoms with E-state index in [2.05, 4.69) is 33.2 Å². The molecule has 0 aliphatic heterocycles. The number of nitrogens with one attached hydrogen (secondary N) is 2. The first kappa shape index (κ1) is 20.3. The summed E-state index contributed by atoms with van der Waals surface area (Å²) < 4.78 is 6.88. The van der Waals surface area contributed by atoms with Crippen LogP contribution >= 0.6 is 34.8 Å². The summed E-state index contributed by atoms with van der Waals surface area (Å²) in [5, 5.41) is 6.02. The lowest BCUT2D eigenvalue weighted by Crippen LogP contribution is -2.34. The Hall–Kier alpha value is -2.45. The topological polar surface area (TPSA) is 50.4 Å². The van der Waals surface area contributed by atoms with E-state index in [4.69, 9.17) is 17.0 Å². The zero-order valence-corrected chi connectivity index (χ0v) is 18.2. The molecule has 6 heteroatoms. The minimum atomic E-state index is -0.268. The van der Waals surface area contributed by atoms with E-state index >= 15 is 0 Å². The predicted octanol–water partition coefficient (Wildman–Crippen LogP) is 5.31. The van der Waals surface area contributed by atoms with Gasteiger partial charge in [-0.15, -0.1) is 0 Å². The first-order chi connectivity index (χ1) is 13.5. The van der Waals surface area contributed by atoms with Gasteiger partial charge in [-0.3, -0.25) is 10.1 Å². The Morgan fingerprint density at radius 3 is 2.43 bits per heavy atom. The number of hydrogen-bond acceptors (Lipinski definition) is 3. The van der Waals surface area contributed by atoms with Crippen molar-refractivity contribution in [2.75, 3.05) is 5.32 Å². The van der Waals surface area contributed by atoms with Gasteiger partial charge in [0.1, 0.15) is 12.4 Å². The van der Waals surface area contributed by atoms with Gasteiger partial charge in [-0.05, 0) is 95.3 Å². The van der Waals surface area contributed by atoms with Crippen molar-refractivity contribution < 1.29 is 9.53 Å². The summed E-state index contributed by atoms with van der Waals surface area (Å²) in [4.78, 5) is 12.4. The monoisotopic (exact) mass is 502 g/mol. The van der Waals surface area contributed by atoms with Crippen LogP contribution in [0.1, 0.15) is 21.5 Å². The summed E-state index contributed by atoms with van der Waals surface area (Å²) in [6.07, 6.45) is 0. The van der Waals surface area contributed by atoms with Crippen LogP contribution in [0.25, 0.3) is 0 Å². The van der Waals surface area contributed by atoms with Crippen molar-refractivity contribution in [1.29, 1.82) is 0 Å².